The maximum absolute atomic E-state index is 10.4. The van der Waals surface area contributed by atoms with Crippen molar-refractivity contribution < 1.29 is 9.90 Å². The Kier molecular flexibility index (Phi) is 6.53. The number of hydrogen-bond donors (Lipinski definition) is 1. The lowest BCUT2D eigenvalue weighted by Crippen LogP contribution is -2.06. The Morgan fingerprint density at radius 3 is 2.67 bits per heavy atom. The van der Waals surface area contributed by atoms with Gasteiger partial charge in [-0.2, -0.15) is 0 Å². The first-order valence-corrected chi connectivity index (χ1v) is 4.52. The van der Waals surface area contributed by atoms with Crippen LogP contribution in [-0.2, 0) is 4.79 Å². The van der Waals surface area contributed by atoms with Crippen molar-refractivity contribution in [3.05, 3.63) is 12.7 Å². The molecule has 3 heteroatoms. The largest absolute Gasteiger partial charge is 0.482 e. The van der Waals surface area contributed by atoms with Gasteiger partial charge >= 0.3 is 0 Å². The minimum absolute atomic E-state index is 0.186. The van der Waals surface area contributed by atoms with E-state index in [9.17, 15) is 4.79 Å². The predicted molar refractivity (Wildman–Crippen MR) is 53.2 cm³/mol. The first-order chi connectivity index (χ1) is 5.68. The molecule has 68 valence electrons. The lowest BCUT2D eigenvalue weighted by atomic mass is 9.83. The summed E-state index contributed by atoms with van der Waals surface area (Å²) in [4.78, 5) is 10.4. The number of carboxylic acid groups (broad SMARTS) is 1. The molecule has 1 atom stereocenters. The molecule has 0 aliphatic heterocycles. The van der Waals surface area contributed by atoms with Gasteiger partial charge in [0.1, 0.15) is 7.85 Å². The van der Waals surface area contributed by atoms with Crippen molar-refractivity contribution in [2.45, 2.75) is 37.9 Å². The molecule has 12 heavy (non-hydrogen) atoms. The van der Waals surface area contributed by atoms with Gasteiger partial charge in [0.25, 0.3) is 5.97 Å². The summed E-state index contributed by atoms with van der Waals surface area (Å²) in [6.45, 7) is 3.63. The number of carboxylic acids is 1. The van der Waals surface area contributed by atoms with E-state index in [4.69, 9.17) is 5.11 Å². The average molecular weight is 168 g/mol. The summed E-state index contributed by atoms with van der Waals surface area (Å²) in [7, 11) is 1.76. The SMILES string of the molecule is BC(CCCCCC=C)C(=O)O. The third-order valence-electron chi connectivity index (χ3n) is 1.97. The minimum atomic E-state index is -0.682. The molecule has 0 aliphatic carbocycles. The van der Waals surface area contributed by atoms with Gasteiger partial charge in [0.15, 0.2) is 0 Å². The zero-order chi connectivity index (χ0) is 9.40. The molecule has 0 aromatic carbocycles. The highest BCUT2D eigenvalue weighted by atomic mass is 16.4. The Balaban J connectivity index is 3.19. The van der Waals surface area contributed by atoms with E-state index in [0.717, 1.165) is 32.1 Å². The fourth-order valence-corrected chi connectivity index (χ4v) is 1.04. The first-order valence-electron chi connectivity index (χ1n) is 4.52. The van der Waals surface area contributed by atoms with Crippen LogP contribution in [0.1, 0.15) is 32.1 Å². The molecule has 2 nitrogen and oxygen atoms in total. The smallest absolute Gasteiger partial charge is 0.298 e. The van der Waals surface area contributed by atoms with Crippen molar-refractivity contribution >= 4 is 13.8 Å². The molecule has 0 aliphatic rings. The zero-order valence-electron chi connectivity index (χ0n) is 7.75. The average Bonchev–Trinajstić information content (AvgIpc) is 2.03. The Hall–Kier alpha value is -0.725. The molecule has 0 radical (unpaired) electrons. The van der Waals surface area contributed by atoms with Crippen LogP contribution in [0.15, 0.2) is 12.7 Å². The van der Waals surface area contributed by atoms with Gasteiger partial charge in [-0.25, -0.2) is 0 Å². The second kappa shape index (κ2) is 6.95. The van der Waals surface area contributed by atoms with Crippen LogP contribution in [0.5, 0.6) is 0 Å². The summed E-state index contributed by atoms with van der Waals surface area (Å²) in [6, 6.07) is 0. The molecule has 0 fully saturated rings. The molecule has 0 amide bonds. The molecule has 0 heterocycles. The summed E-state index contributed by atoms with van der Waals surface area (Å²) in [5, 5.41) is 8.57. The summed E-state index contributed by atoms with van der Waals surface area (Å²) in [5.41, 5.74) is 0. The van der Waals surface area contributed by atoms with E-state index < -0.39 is 5.97 Å². The van der Waals surface area contributed by atoms with Crippen molar-refractivity contribution in [2.75, 3.05) is 0 Å². The van der Waals surface area contributed by atoms with Crippen LogP contribution in [0.25, 0.3) is 0 Å². The lowest BCUT2D eigenvalue weighted by molar-refractivity contribution is -0.137. The Labute approximate surface area is 75.1 Å². The maximum Gasteiger partial charge on any atom is 0.298 e. The molecule has 0 spiro atoms. The van der Waals surface area contributed by atoms with Gasteiger partial charge in [-0.15, -0.1) is 6.58 Å². The third-order valence-corrected chi connectivity index (χ3v) is 1.97. The Morgan fingerprint density at radius 2 is 2.17 bits per heavy atom. The van der Waals surface area contributed by atoms with Crippen molar-refractivity contribution in [3.8, 4) is 0 Å². The van der Waals surface area contributed by atoms with Crippen LogP contribution in [0, 0.1) is 0 Å². The van der Waals surface area contributed by atoms with Crippen LogP contribution in [0.4, 0.5) is 0 Å². The number of rotatable bonds is 7. The fraction of sp³-hybridized carbons (Fsp3) is 0.667. The molecule has 0 saturated heterocycles. The molecular formula is C9H17BO2. The normalized spacial score (nSPS) is 12.3. The molecule has 1 N–H and O–H groups in total. The number of aliphatic carboxylic acids is 1. The quantitative estimate of drug-likeness (QED) is 0.356. The van der Waals surface area contributed by atoms with Crippen molar-refractivity contribution in [3.63, 3.8) is 0 Å². The lowest BCUT2D eigenvalue weighted by Gasteiger charge is -2.04. The molecular weight excluding hydrogens is 151 g/mol. The van der Waals surface area contributed by atoms with Gasteiger partial charge in [0.2, 0.25) is 0 Å². The summed E-state index contributed by atoms with van der Waals surface area (Å²) in [5.74, 6) is -0.868. The molecule has 0 saturated carbocycles. The van der Waals surface area contributed by atoms with Gasteiger partial charge < -0.3 is 5.11 Å². The number of hydrogen-bond acceptors (Lipinski definition) is 1. The number of carbonyl (C=O) groups is 1. The fourth-order valence-electron chi connectivity index (χ4n) is 1.04. The first kappa shape index (κ1) is 11.3. The highest BCUT2D eigenvalue weighted by Gasteiger charge is 2.08. The van der Waals surface area contributed by atoms with E-state index in [1.807, 2.05) is 6.08 Å². The number of unbranched alkanes of at least 4 members (excludes halogenated alkanes) is 3. The maximum atomic E-state index is 10.4. The van der Waals surface area contributed by atoms with Gasteiger partial charge in [-0.05, 0) is 19.3 Å². The van der Waals surface area contributed by atoms with E-state index in [-0.39, 0.29) is 5.82 Å². The van der Waals surface area contributed by atoms with Gasteiger partial charge in [0, 0.05) is 5.82 Å². The van der Waals surface area contributed by atoms with Crippen LogP contribution >= 0.6 is 0 Å². The van der Waals surface area contributed by atoms with Crippen LogP contribution in [0.3, 0.4) is 0 Å². The minimum Gasteiger partial charge on any atom is -0.482 e. The van der Waals surface area contributed by atoms with Crippen LogP contribution in [-0.4, -0.2) is 18.9 Å². The van der Waals surface area contributed by atoms with Crippen molar-refractivity contribution in [2.24, 2.45) is 0 Å². The third kappa shape index (κ3) is 6.02. The molecule has 1 unspecified atom stereocenters. The van der Waals surface area contributed by atoms with Crippen LogP contribution in [0.2, 0.25) is 5.82 Å². The zero-order valence-corrected chi connectivity index (χ0v) is 7.75. The van der Waals surface area contributed by atoms with E-state index >= 15 is 0 Å². The van der Waals surface area contributed by atoms with Crippen molar-refractivity contribution in [1.82, 2.24) is 0 Å². The van der Waals surface area contributed by atoms with E-state index in [1.54, 1.807) is 7.85 Å². The Morgan fingerprint density at radius 1 is 1.50 bits per heavy atom. The summed E-state index contributed by atoms with van der Waals surface area (Å²) >= 11 is 0. The van der Waals surface area contributed by atoms with Gasteiger partial charge in [0.05, 0.1) is 0 Å². The second-order valence-electron chi connectivity index (χ2n) is 3.17. The molecule has 0 rings (SSSR count). The van der Waals surface area contributed by atoms with E-state index in [2.05, 4.69) is 6.58 Å². The second-order valence-corrected chi connectivity index (χ2v) is 3.17. The monoisotopic (exact) mass is 168 g/mol. The number of allylic oxidation sites excluding steroid dienone is 1. The standard InChI is InChI=1S/C9H17BO2/c1-2-3-4-5-6-7-8(10)9(11)12/h2,8H,1,3-7,10H2,(H,11,12). The predicted octanol–water partition coefficient (Wildman–Crippen LogP) is 1.63. The van der Waals surface area contributed by atoms with Crippen molar-refractivity contribution in [1.29, 1.82) is 0 Å². The van der Waals surface area contributed by atoms with E-state index in [0.29, 0.717) is 0 Å². The molecule has 0 aromatic rings. The molecule has 0 bridgehead atoms. The van der Waals surface area contributed by atoms with Gasteiger partial charge in [-0.3, -0.25) is 4.79 Å². The molecule has 0 aromatic heterocycles. The van der Waals surface area contributed by atoms with Crippen LogP contribution < -0.4 is 0 Å². The topological polar surface area (TPSA) is 37.3 Å². The highest BCUT2D eigenvalue weighted by molar-refractivity contribution is 6.22. The van der Waals surface area contributed by atoms with E-state index in [1.165, 1.54) is 0 Å². The summed E-state index contributed by atoms with van der Waals surface area (Å²) < 4.78 is 0. The van der Waals surface area contributed by atoms with Gasteiger partial charge in [-0.1, -0.05) is 18.9 Å². The Bertz CT molecular complexity index is 145. The summed E-state index contributed by atoms with van der Waals surface area (Å²) in [6.07, 6.45) is 7.01. The highest BCUT2D eigenvalue weighted by Crippen LogP contribution is 2.12.